The first kappa shape index (κ1) is 13.0. The number of ether oxygens (including phenoxy) is 1. The molecule has 0 saturated carbocycles. The third kappa shape index (κ3) is 2.23. The molecule has 1 aliphatic rings. The highest BCUT2D eigenvalue weighted by molar-refractivity contribution is 7.89. The molecule has 1 heterocycles. The molecule has 96 valence electrons. The molecule has 18 heavy (non-hydrogen) atoms. The minimum absolute atomic E-state index is 0.00940. The van der Waals surface area contributed by atoms with Crippen molar-refractivity contribution in [3.8, 4) is 6.07 Å². The van der Waals surface area contributed by atoms with Crippen LogP contribution in [0.3, 0.4) is 0 Å². The molecule has 0 aromatic heterocycles. The lowest BCUT2D eigenvalue weighted by atomic mass is 10.2. The second kappa shape index (κ2) is 5.04. The van der Waals surface area contributed by atoms with Gasteiger partial charge in [0.05, 0.1) is 24.9 Å². The third-order valence-electron chi connectivity index (χ3n) is 2.71. The number of hydrogen-bond acceptors (Lipinski definition) is 5. The molecule has 1 saturated heterocycles. The van der Waals surface area contributed by atoms with Gasteiger partial charge in [-0.3, -0.25) is 0 Å². The summed E-state index contributed by atoms with van der Waals surface area (Å²) >= 11 is 0. The van der Waals surface area contributed by atoms with Crippen LogP contribution in [0.2, 0.25) is 0 Å². The number of nitriles is 1. The van der Waals surface area contributed by atoms with E-state index in [0.717, 1.165) is 0 Å². The Bertz CT molecular complexity index is 579. The van der Waals surface area contributed by atoms with Gasteiger partial charge in [0, 0.05) is 6.54 Å². The van der Waals surface area contributed by atoms with Crippen molar-refractivity contribution in [2.45, 2.75) is 11.1 Å². The zero-order valence-corrected chi connectivity index (χ0v) is 10.4. The molecule has 7 heteroatoms. The fraction of sp³-hybridized carbons (Fsp3) is 0.364. The summed E-state index contributed by atoms with van der Waals surface area (Å²) in [6.45, 7) is 0.666. The van der Waals surface area contributed by atoms with Crippen LogP contribution in [0.15, 0.2) is 29.2 Å². The molecule has 0 amide bonds. The Morgan fingerprint density at radius 3 is 2.83 bits per heavy atom. The van der Waals surface area contributed by atoms with Crippen molar-refractivity contribution >= 4 is 10.0 Å². The molecule has 1 aromatic rings. The molecule has 2 N–H and O–H groups in total. The summed E-state index contributed by atoms with van der Waals surface area (Å²) in [5, 5.41) is 8.96. The normalized spacial score (nSPS) is 21.4. The Hall–Kier alpha value is -1.46. The molecule has 2 rings (SSSR count). The van der Waals surface area contributed by atoms with Crippen LogP contribution in [0.1, 0.15) is 5.56 Å². The SMILES string of the molecule is N#Cc1ccccc1S(=O)(=O)N1CCOCC1N. The first-order valence-corrected chi connectivity index (χ1v) is 6.85. The number of benzene rings is 1. The maximum absolute atomic E-state index is 12.4. The van der Waals surface area contributed by atoms with Gasteiger partial charge in [-0.15, -0.1) is 0 Å². The molecular formula is C11H13N3O3S. The van der Waals surface area contributed by atoms with E-state index in [-0.39, 0.29) is 23.6 Å². The van der Waals surface area contributed by atoms with E-state index in [1.165, 1.54) is 16.4 Å². The van der Waals surface area contributed by atoms with Crippen LogP contribution in [0.5, 0.6) is 0 Å². The number of morpholine rings is 1. The van der Waals surface area contributed by atoms with Gasteiger partial charge in [-0.05, 0) is 12.1 Å². The lowest BCUT2D eigenvalue weighted by Crippen LogP contribution is -2.53. The van der Waals surface area contributed by atoms with E-state index in [0.29, 0.717) is 6.61 Å². The van der Waals surface area contributed by atoms with E-state index < -0.39 is 16.2 Å². The lowest BCUT2D eigenvalue weighted by Gasteiger charge is -2.32. The standard InChI is InChI=1S/C11H13N3O3S/c12-7-9-3-1-2-4-10(9)18(15,16)14-5-6-17-8-11(14)13/h1-4,11H,5-6,8,13H2. The maximum atomic E-state index is 12.4. The number of rotatable bonds is 2. The van der Waals surface area contributed by atoms with Gasteiger partial charge in [-0.25, -0.2) is 8.42 Å². The van der Waals surface area contributed by atoms with Crippen molar-refractivity contribution in [2.24, 2.45) is 5.73 Å². The largest absolute Gasteiger partial charge is 0.377 e. The number of nitrogens with two attached hydrogens (primary N) is 1. The molecule has 0 aliphatic carbocycles. The van der Waals surface area contributed by atoms with Crippen LogP contribution in [0, 0.1) is 11.3 Å². The second-order valence-electron chi connectivity index (χ2n) is 3.87. The van der Waals surface area contributed by atoms with Crippen molar-refractivity contribution in [1.29, 1.82) is 5.26 Å². The van der Waals surface area contributed by atoms with Crippen molar-refractivity contribution in [2.75, 3.05) is 19.8 Å². The fourth-order valence-corrected chi connectivity index (χ4v) is 3.44. The van der Waals surface area contributed by atoms with E-state index in [1.54, 1.807) is 12.1 Å². The Morgan fingerprint density at radius 2 is 2.17 bits per heavy atom. The van der Waals surface area contributed by atoms with Crippen LogP contribution < -0.4 is 5.73 Å². The van der Waals surface area contributed by atoms with E-state index in [1.807, 2.05) is 6.07 Å². The molecule has 1 atom stereocenters. The highest BCUT2D eigenvalue weighted by atomic mass is 32.2. The molecule has 1 unspecified atom stereocenters. The van der Waals surface area contributed by atoms with Crippen LogP contribution in [-0.2, 0) is 14.8 Å². The fourth-order valence-electron chi connectivity index (χ4n) is 1.82. The monoisotopic (exact) mass is 267 g/mol. The highest BCUT2D eigenvalue weighted by Gasteiger charge is 2.33. The van der Waals surface area contributed by atoms with Crippen LogP contribution in [-0.4, -0.2) is 38.6 Å². The van der Waals surface area contributed by atoms with Gasteiger partial charge in [0.15, 0.2) is 0 Å². The van der Waals surface area contributed by atoms with Crippen molar-refractivity contribution in [3.63, 3.8) is 0 Å². The molecule has 1 aliphatic heterocycles. The van der Waals surface area contributed by atoms with E-state index in [2.05, 4.69) is 0 Å². The highest BCUT2D eigenvalue weighted by Crippen LogP contribution is 2.21. The predicted molar refractivity (Wildman–Crippen MR) is 63.8 cm³/mol. The minimum Gasteiger partial charge on any atom is -0.377 e. The number of nitrogens with zero attached hydrogens (tertiary/aromatic N) is 2. The molecular weight excluding hydrogens is 254 g/mol. The van der Waals surface area contributed by atoms with Gasteiger partial charge in [-0.1, -0.05) is 12.1 Å². The quantitative estimate of drug-likeness (QED) is 0.804. The van der Waals surface area contributed by atoms with Gasteiger partial charge in [-0.2, -0.15) is 9.57 Å². The van der Waals surface area contributed by atoms with Crippen LogP contribution in [0.4, 0.5) is 0 Å². The van der Waals surface area contributed by atoms with Crippen molar-refractivity contribution in [1.82, 2.24) is 4.31 Å². The van der Waals surface area contributed by atoms with Crippen molar-refractivity contribution < 1.29 is 13.2 Å². The topological polar surface area (TPSA) is 96.4 Å². The molecule has 6 nitrogen and oxygen atoms in total. The van der Waals surface area contributed by atoms with Crippen molar-refractivity contribution in [3.05, 3.63) is 29.8 Å². The first-order valence-electron chi connectivity index (χ1n) is 5.41. The average molecular weight is 267 g/mol. The van der Waals surface area contributed by atoms with E-state index in [4.69, 9.17) is 15.7 Å². The zero-order chi connectivity index (χ0) is 13.2. The van der Waals surface area contributed by atoms with Gasteiger partial charge < -0.3 is 10.5 Å². The summed E-state index contributed by atoms with van der Waals surface area (Å²) in [5.74, 6) is 0. The summed E-state index contributed by atoms with van der Waals surface area (Å²) in [7, 11) is -3.75. The molecule has 1 aromatic carbocycles. The summed E-state index contributed by atoms with van der Waals surface area (Å²) in [6.07, 6.45) is -0.713. The summed E-state index contributed by atoms with van der Waals surface area (Å²) in [5.41, 5.74) is 5.85. The van der Waals surface area contributed by atoms with Gasteiger partial charge in [0.1, 0.15) is 11.0 Å². The predicted octanol–water partition coefficient (Wildman–Crippen LogP) is -0.136. The van der Waals surface area contributed by atoms with Gasteiger partial charge in [0.2, 0.25) is 10.0 Å². The van der Waals surface area contributed by atoms with Crippen LogP contribution >= 0.6 is 0 Å². The smallest absolute Gasteiger partial charge is 0.245 e. The number of sulfonamides is 1. The Balaban J connectivity index is 2.45. The van der Waals surface area contributed by atoms with Crippen LogP contribution in [0.25, 0.3) is 0 Å². The maximum Gasteiger partial charge on any atom is 0.245 e. The summed E-state index contributed by atoms with van der Waals surface area (Å²) < 4.78 is 31.1. The molecule has 0 spiro atoms. The average Bonchev–Trinajstić information content (AvgIpc) is 2.39. The Morgan fingerprint density at radius 1 is 1.44 bits per heavy atom. The van der Waals surface area contributed by atoms with E-state index in [9.17, 15) is 8.42 Å². The molecule has 0 bridgehead atoms. The molecule has 0 radical (unpaired) electrons. The Kier molecular flexibility index (Phi) is 3.63. The Labute approximate surface area is 106 Å². The molecule has 1 fully saturated rings. The third-order valence-corrected chi connectivity index (χ3v) is 4.69. The second-order valence-corrected chi connectivity index (χ2v) is 5.72. The zero-order valence-electron chi connectivity index (χ0n) is 9.61. The summed E-state index contributed by atoms with van der Waals surface area (Å²) in [6, 6.07) is 7.97. The lowest BCUT2D eigenvalue weighted by molar-refractivity contribution is 0.0350. The van der Waals surface area contributed by atoms with Gasteiger partial charge in [0.25, 0.3) is 0 Å². The number of hydrogen-bond donors (Lipinski definition) is 1. The first-order chi connectivity index (χ1) is 8.57. The minimum atomic E-state index is -3.75. The summed E-state index contributed by atoms with van der Waals surface area (Å²) in [4.78, 5) is -0.00940. The van der Waals surface area contributed by atoms with E-state index >= 15 is 0 Å². The van der Waals surface area contributed by atoms with Gasteiger partial charge >= 0.3 is 0 Å².